The summed E-state index contributed by atoms with van der Waals surface area (Å²) in [6.07, 6.45) is 5.67. The zero-order valence-corrected chi connectivity index (χ0v) is 18.8. The van der Waals surface area contributed by atoms with Crippen molar-refractivity contribution in [1.29, 1.82) is 0 Å². The number of carbonyl (C=O) groups excluding carboxylic acids is 2. The number of nitrogens with zero attached hydrogens (tertiary/aromatic N) is 1. The molecule has 2 aromatic rings. The number of nitrogens with two attached hydrogens (primary N) is 1. The zero-order valence-electron chi connectivity index (χ0n) is 18.8. The molecule has 1 heterocycles. The number of piperidine rings is 1. The molecular weight excluding hydrogens is 386 g/mol. The highest BCUT2D eigenvalue weighted by molar-refractivity contribution is 5.94. The lowest BCUT2D eigenvalue weighted by Crippen LogP contribution is -2.32. The van der Waals surface area contributed by atoms with Gasteiger partial charge in [-0.15, -0.1) is 0 Å². The first-order valence-electron chi connectivity index (χ1n) is 11.5. The van der Waals surface area contributed by atoms with Crippen molar-refractivity contribution in [2.24, 2.45) is 5.73 Å². The molecule has 2 atom stereocenters. The molecule has 3 N–H and O–H groups in total. The molecule has 1 aliphatic heterocycles. The third-order valence-electron chi connectivity index (χ3n) is 6.28. The summed E-state index contributed by atoms with van der Waals surface area (Å²) >= 11 is 0. The maximum absolute atomic E-state index is 12.5. The van der Waals surface area contributed by atoms with E-state index in [1.165, 1.54) is 24.9 Å². The second-order valence-electron chi connectivity index (χ2n) is 8.51. The third-order valence-corrected chi connectivity index (χ3v) is 6.28. The molecular formula is C26H35N3O2. The Balaban J connectivity index is 1.83. The van der Waals surface area contributed by atoms with Crippen LogP contribution in [0.1, 0.15) is 79.3 Å². The average molecular weight is 422 g/mol. The first kappa shape index (κ1) is 22.9. The maximum atomic E-state index is 12.5. The van der Waals surface area contributed by atoms with E-state index in [4.69, 9.17) is 5.73 Å². The van der Waals surface area contributed by atoms with Gasteiger partial charge < -0.3 is 16.0 Å². The molecule has 5 heteroatoms. The minimum Gasteiger partial charge on any atom is -0.371 e. The summed E-state index contributed by atoms with van der Waals surface area (Å²) in [5.41, 5.74) is 9.68. The van der Waals surface area contributed by atoms with Crippen LogP contribution in [-0.2, 0) is 4.79 Å². The summed E-state index contributed by atoms with van der Waals surface area (Å²) in [5, 5.41) is 2.93. The number of hydrogen-bond donors (Lipinski definition) is 2. The molecule has 0 aliphatic carbocycles. The van der Waals surface area contributed by atoms with Crippen LogP contribution < -0.4 is 16.0 Å². The van der Waals surface area contributed by atoms with Crippen molar-refractivity contribution in [3.63, 3.8) is 0 Å². The summed E-state index contributed by atoms with van der Waals surface area (Å²) in [4.78, 5) is 27.3. The molecule has 0 saturated carbocycles. The molecule has 31 heavy (non-hydrogen) atoms. The van der Waals surface area contributed by atoms with Crippen LogP contribution in [0.2, 0.25) is 0 Å². The fourth-order valence-electron chi connectivity index (χ4n) is 4.50. The Labute approximate surface area is 186 Å². The Kier molecular flexibility index (Phi) is 8.10. The Morgan fingerprint density at radius 2 is 1.71 bits per heavy atom. The lowest BCUT2D eigenvalue weighted by Gasteiger charge is -2.33. The predicted octanol–water partition coefficient (Wildman–Crippen LogP) is 4.58. The number of rotatable bonds is 9. The number of carbonyl (C=O) groups is 2. The molecule has 0 aromatic heterocycles. The zero-order chi connectivity index (χ0) is 22.2. The number of benzene rings is 2. The van der Waals surface area contributed by atoms with Crippen LogP contribution in [0.5, 0.6) is 0 Å². The van der Waals surface area contributed by atoms with E-state index in [1.807, 2.05) is 18.2 Å². The van der Waals surface area contributed by atoms with E-state index in [1.54, 1.807) is 12.1 Å². The van der Waals surface area contributed by atoms with E-state index in [0.29, 0.717) is 12.1 Å². The van der Waals surface area contributed by atoms with Gasteiger partial charge in [0.15, 0.2) is 0 Å². The van der Waals surface area contributed by atoms with Gasteiger partial charge in [0.05, 0.1) is 5.92 Å². The first-order chi connectivity index (χ1) is 15.0. The highest BCUT2D eigenvalue weighted by Gasteiger charge is 2.29. The van der Waals surface area contributed by atoms with Crippen LogP contribution in [-0.4, -0.2) is 31.4 Å². The molecule has 1 saturated heterocycles. The number of unbranched alkanes of at least 4 members (excludes halogenated alkanes) is 1. The topological polar surface area (TPSA) is 75.4 Å². The van der Waals surface area contributed by atoms with Crippen molar-refractivity contribution >= 4 is 17.5 Å². The van der Waals surface area contributed by atoms with Crippen LogP contribution >= 0.6 is 0 Å². The van der Waals surface area contributed by atoms with Crippen LogP contribution in [0.15, 0.2) is 48.5 Å². The molecule has 166 valence electrons. The molecule has 5 nitrogen and oxygen atoms in total. The van der Waals surface area contributed by atoms with Gasteiger partial charge in [0.2, 0.25) is 5.91 Å². The Morgan fingerprint density at radius 3 is 2.35 bits per heavy atom. The minimum absolute atomic E-state index is 0.0696. The van der Waals surface area contributed by atoms with E-state index in [0.717, 1.165) is 37.1 Å². The monoisotopic (exact) mass is 421 g/mol. The number of para-hydroxylation sites is 1. The number of hydrogen-bond acceptors (Lipinski definition) is 3. The van der Waals surface area contributed by atoms with Crippen molar-refractivity contribution in [3.05, 3.63) is 65.2 Å². The number of primary amides is 1. The average Bonchev–Trinajstić information content (AvgIpc) is 2.80. The predicted molar refractivity (Wildman–Crippen MR) is 127 cm³/mol. The standard InChI is InChI=1S/C26H35N3O2/c1-3-4-16-28-26(31)21-14-12-20(13-15-21)24(25(27)30)19(2)22-10-6-7-11-23(22)29-17-8-5-9-18-29/h6-7,10-15,19,24H,3-5,8-9,16-18H2,1-2H3,(H2,27,30)(H,28,31). The molecule has 2 unspecified atom stereocenters. The smallest absolute Gasteiger partial charge is 0.251 e. The van der Waals surface area contributed by atoms with E-state index < -0.39 is 5.92 Å². The van der Waals surface area contributed by atoms with E-state index >= 15 is 0 Å². The molecule has 0 radical (unpaired) electrons. The Morgan fingerprint density at radius 1 is 1.03 bits per heavy atom. The van der Waals surface area contributed by atoms with Crippen molar-refractivity contribution in [3.8, 4) is 0 Å². The van der Waals surface area contributed by atoms with Crippen LogP contribution in [0.4, 0.5) is 5.69 Å². The van der Waals surface area contributed by atoms with Crippen molar-refractivity contribution in [1.82, 2.24) is 5.32 Å². The first-order valence-corrected chi connectivity index (χ1v) is 11.5. The quantitative estimate of drug-likeness (QED) is 0.582. The SMILES string of the molecule is CCCCNC(=O)c1ccc(C(C(N)=O)C(C)c2ccccc2N2CCCCC2)cc1. The summed E-state index contributed by atoms with van der Waals surface area (Å²) in [6.45, 7) is 6.93. The van der Waals surface area contributed by atoms with Gasteiger partial charge in [-0.2, -0.15) is 0 Å². The Bertz CT molecular complexity index is 872. The van der Waals surface area contributed by atoms with Gasteiger partial charge >= 0.3 is 0 Å². The van der Waals surface area contributed by atoms with Crippen LogP contribution in [0, 0.1) is 0 Å². The van der Waals surface area contributed by atoms with Gasteiger partial charge in [-0.1, -0.05) is 50.6 Å². The highest BCUT2D eigenvalue weighted by Crippen LogP contribution is 2.38. The van der Waals surface area contributed by atoms with E-state index in [9.17, 15) is 9.59 Å². The van der Waals surface area contributed by atoms with Crippen molar-refractivity contribution in [2.75, 3.05) is 24.5 Å². The van der Waals surface area contributed by atoms with Gasteiger partial charge in [0.25, 0.3) is 5.91 Å². The molecule has 0 bridgehead atoms. The fraction of sp³-hybridized carbons (Fsp3) is 0.462. The summed E-state index contributed by atoms with van der Waals surface area (Å²) in [6, 6.07) is 15.7. The van der Waals surface area contributed by atoms with Gasteiger partial charge in [-0.25, -0.2) is 0 Å². The number of anilines is 1. The third kappa shape index (κ3) is 5.66. The minimum atomic E-state index is -0.455. The van der Waals surface area contributed by atoms with Gasteiger partial charge in [-0.3, -0.25) is 9.59 Å². The molecule has 2 amide bonds. The largest absolute Gasteiger partial charge is 0.371 e. The maximum Gasteiger partial charge on any atom is 0.251 e. The fourth-order valence-corrected chi connectivity index (χ4v) is 4.50. The number of amides is 2. The summed E-state index contributed by atoms with van der Waals surface area (Å²) < 4.78 is 0. The normalized spacial score (nSPS) is 15.9. The van der Waals surface area contributed by atoms with Crippen molar-refractivity contribution < 1.29 is 9.59 Å². The second kappa shape index (κ2) is 11.0. The second-order valence-corrected chi connectivity index (χ2v) is 8.51. The molecule has 2 aromatic carbocycles. The van der Waals surface area contributed by atoms with E-state index in [2.05, 4.69) is 42.3 Å². The molecule has 0 spiro atoms. The van der Waals surface area contributed by atoms with Crippen molar-refractivity contribution in [2.45, 2.75) is 57.8 Å². The van der Waals surface area contributed by atoms with Gasteiger partial charge in [-0.05, 0) is 60.9 Å². The lowest BCUT2D eigenvalue weighted by atomic mass is 9.81. The molecule has 1 fully saturated rings. The lowest BCUT2D eigenvalue weighted by molar-refractivity contribution is -0.119. The van der Waals surface area contributed by atoms with Crippen LogP contribution in [0.25, 0.3) is 0 Å². The molecule has 1 aliphatic rings. The number of nitrogens with one attached hydrogen (secondary N) is 1. The molecule has 3 rings (SSSR count). The van der Waals surface area contributed by atoms with Crippen LogP contribution in [0.3, 0.4) is 0 Å². The highest BCUT2D eigenvalue weighted by atomic mass is 16.2. The summed E-state index contributed by atoms with van der Waals surface area (Å²) in [7, 11) is 0. The Hall–Kier alpha value is -2.82. The van der Waals surface area contributed by atoms with Gasteiger partial charge in [0, 0.05) is 30.9 Å². The van der Waals surface area contributed by atoms with E-state index in [-0.39, 0.29) is 17.7 Å². The van der Waals surface area contributed by atoms with Gasteiger partial charge in [0.1, 0.15) is 0 Å². The summed E-state index contributed by atoms with van der Waals surface area (Å²) in [5.74, 6) is -0.955.